The maximum absolute atomic E-state index is 12.0. The number of hydrogen-bond donors (Lipinski definition) is 2. The number of carbonyl (C=O) groups is 1. The molecule has 1 aliphatic heterocycles. The Balaban J connectivity index is 2.32. The van der Waals surface area contributed by atoms with Crippen LogP contribution in [0.3, 0.4) is 0 Å². The minimum absolute atomic E-state index is 0.112. The van der Waals surface area contributed by atoms with Gasteiger partial charge in [-0.2, -0.15) is 0 Å². The van der Waals surface area contributed by atoms with Crippen LogP contribution < -0.4 is 10.6 Å². The summed E-state index contributed by atoms with van der Waals surface area (Å²) in [5, 5.41) is 11.3. The molecule has 0 amide bonds. The van der Waals surface area contributed by atoms with E-state index < -0.39 is 5.60 Å². The largest absolute Gasteiger partial charge is 0.396 e. The van der Waals surface area contributed by atoms with Crippen molar-refractivity contribution in [2.45, 2.75) is 50.0 Å². The number of aliphatic hydroxyl groups is 1. The molecule has 1 atom stereocenters. The van der Waals surface area contributed by atoms with Gasteiger partial charge >= 0.3 is 0 Å². The van der Waals surface area contributed by atoms with Crippen LogP contribution in [0.5, 0.6) is 0 Å². The van der Waals surface area contributed by atoms with Crippen LogP contribution in [-0.2, 0) is 0 Å². The van der Waals surface area contributed by atoms with Gasteiger partial charge in [0.15, 0.2) is 5.78 Å². The number of nitrogens with zero attached hydrogens (tertiary/aromatic N) is 1. The molecule has 1 saturated heterocycles. The first-order chi connectivity index (χ1) is 9.89. The number of anilines is 2. The molecule has 1 aliphatic rings. The molecule has 1 unspecified atom stereocenters. The molecule has 118 valence electrons. The van der Waals surface area contributed by atoms with Crippen LogP contribution >= 0.6 is 23.1 Å². The second-order valence-electron chi connectivity index (χ2n) is 5.80. The molecular formula is C15H24N2O2S2. The number of hydrogen-bond acceptors (Lipinski definition) is 6. The summed E-state index contributed by atoms with van der Waals surface area (Å²) in [5.74, 6) is 0.112. The highest BCUT2D eigenvalue weighted by atomic mass is 32.2. The summed E-state index contributed by atoms with van der Waals surface area (Å²) >= 11 is 3.11. The van der Waals surface area contributed by atoms with Gasteiger partial charge in [0.2, 0.25) is 0 Å². The number of thiophene rings is 1. The van der Waals surface area contributed by atoms with Gasteiger partial charge in [-0.25, -0.2) is 0 Å². The van der Waals surface area contributed by atoms with E-state index in [4.69, 9.17) is 5.73 Å². The lowest BCUT2D eigenvalue weighted by atomic mass is 9.98. The molecule has 0 aliphatic carbocycles. The number of carbonyl (C=O) groups excluding carboxylic acids is 1. The molecule has 1 fully saturated rings. The lowest BCUT2D eigenvalue weighted by molar-refractivity contribution is 0.0481. The van der Waals surface area contributed by atoms with Crippen molar-refractivity contribution in [2.75, 3.05) is 30.0 Å². The van der Waals surface area contributed by atoms with E-state index in [0.29, 0.717) is 17.0 Å². The maximum Gasteiger partial charge on any atom is 0.174 e. The first-order valence-corrected chi connectivity index (χ1v) is 9.40. The molecule has 21 heavy (non-hydrogen) atoms. The van der Waals surface area contributed by atoms with Gasteiger partial charge in [-0.3, -0.25) is 4.79 Å². The topological polar surface area (TPSA) is 66.6 Å². The Labute approximate surface area is 134 Å². The fraction of sp³-hybridized carbons (Fsp3) is 0.667. The number of thioether (sulfide) groups is 1. The second-order valence-corrected chi connectivity index (χ2v) is 7.61. The van der Waals surface area contributed by atoms with Crippen molar-refractivity contribution in [2.24, 2.45) is 0 Å². The zero-order valence-electron chi connectivity index (χ0n) is 12.9. The van der Waals surface area contributed by atoms with Crippen molar-refractivity contribution < 1.29 is 9.90 Å². The Morgan fingerprint density at radius 2 is 2.19 bits per heavy atom. The normalized spacial score (nSPS) is 23.1. The third-order valence-electron chi connectivity index (χ3n) is 4.01. The highest BCUT2D eigenvalue weighted by Crippen LogP contribution is 2.45. The highest BCUT2D eigenvalue weighted by molar-refractivity contribution is 7.99. The van der Waals surface area contributed by atoms with E-state index in [1.165, 1.54) is 11.3 Å². The number of Topliss-reactive ketones (excluding diaryl/α,β-unsaturated/α-hetero) is 1. The van der Waals surface area contributed by atoms with Gasteiger partial charge in [-0.05, 0) is 32.4 Å². The van der Waals surface area contributed by atoms with Gasteiger partial charge in [0.1, 0.15) is 5.00 Å². The minimum atomic E-state index is -0.584. The van der Waals surface area contributed by atoms with Gasteiger partial charge in [0.05, 0.1) is 21.1 Å². The minimum Gasteiger partial charge on any atom is -0.396 e. The molecule has 0 radical (unpaired) electrons. The molecule has 2 rings (SSSR count). The van der Waals surface area contributed by atoms with E-state index in [1.54, 1.807) is 11.8 Å². The molecular weight excluding hydrogens is 304 g/mol. The molecule has 0 aromatic carbocycles. The predicted molar refractivity (Wildman–Crippen MR) is 91.8 cm³/mol. The van der Waals surface area contributed by atoms with Crippen LogP contribution in [0.15, 0.2) is 4.90 Å². The van der Waals surface area contributed by atoms with E-state index in [-0.39, 0.29) is 5.78 Å². The molecule has 4 nitrogen and oxygen atoms in total. The molecule has 0 bridgehead atoms. The summed E-state index contributed by atoms with van der Waals surface area (Å²) < 4.78 is 0. The fourth-order valence-electron chi connectivity index (χ4n) is 2.66. The average Bonchev–Trinajstić information content (AvgIpc) is 2.66. The van der Waals surface area contributed by atoms with Crippen molar-refractivity contribution in [1.82, 2.24) is 0 Å². The van der Waals surface area contributed by atoms with E-state index >= 15 is 0 Å². The Kier molecular flexibility index (Phi) is 5.22. The zero-order chi connectivity index (χ0) is 15.6. The third-order valence-corrected chi connectivity index (χ3v) is 6.27. The second kappa shape index (κ2) is 6.58. The first-order valence-electron chi connectivity index (χ1n) is 7.36. The molecule has 1 aromatic rings. The van der Waals surface area contributed by atoms with Crippen molar-refractivity contribution in [1.29, 1.82) is 0 Å². The Morgan fingerprint density at radius 1 is 1.48 bits per heavy atom. The maximum atomic E-state index is 12.0. The third kappa shape index (κ3) is 3.55. The number of ketones is 1. The molecule has 0 saturated carbocycles. The van der Waals surface area contributed by atoms with Gasteiger partial charge in [0.25, 0.3) is 0 Å². The molecule has 1 aromatic heterocycles. The predicted octanol–water partition coefficient (Wildman–Crippen LogP) is 3.39. The monoisotopic (exact) mass is 328 g/mol. The van der Waals surface area contributed by atoms with E-state index in [0.717, 1.165) is 42.2 Å². The summed E-state index contributed by atoms with van der Waals surface area (Å²) in [7, 11) is 0. The van der Waals surface area contributed by atoms with Gasteiger partial charge in [-0.15, -0.1) is 23.1 Å². The van der Waals surface area contributed by atoms with Crippen LogP contribution in [-0.4, -0.2) is 35.8 Å². The van der Waals surface area contributed by atoms with Crippen LogP contribution in [0.25, 0.3) is 0 Å². The Hall–Kier alpha value is -0.720. The number of nitrogens with two attached hydrogens (primary N) is 1. The Morgan fingerprint density at radius 3 is 2.81 bits per heavy atom. The lowest BCUT2D eigenvalue weighted by Gasteiger charge is -2.23. The van der Waals surface area contributed by atoms with Gasteiger partial charge in [-0.1, -0.05) is 6.92 Å². The zero-order valence-corrected chi connectivity index (χ0v) is 14.6. The first kappa shape index (κ1) is 16.6. The van der Waals surface area contributed by atoms with Crippen LogP contribution in [0.1, 0.15) is 49.2 Å². The van der Waals surface area contributed by atoms with Crippen molar-refractivity contribution in [3.63, 3.8) is 0 Å². The van der Waals surface area contributed by atoms with Crippen LogP contribution in [0.2, 0.25) is 0 Å². The standard InChI is InChI=1S/C15H24N2O2S2/c1-4-10(18)12-11(16)13(20-3)14(21-12)17-8-5-6-15(2,19)7-9-17/h19H,4-9,16H2,1-3H3. The summed E-state index contributed by atoms with van der Waals surface area (Å²) in [6.45, 7) is 5.48. The molecule has 6 heteroatoms. The van der Waals surface area contributed by atoms with Crippen molar-refractivity contribution in [3.8, 4) is 0 Å². The average molecular weight is 329 g/mol. The molecule has 3 N–H and O–H groups in total. The van der Waals surface area contributed by atoms with Crippen LogP contribution in [0, 0.1) is 0 Å². The number of rotatable bonds is 4. The smallest absolute Gasteiger partial charge is 0.174 e. The quantitative estimate of drug-likeness (QED) is 0.655. The number of nitrogen functional groups attached to an aromatic ring is 1. The van der Waals surface area contributed by atoms with Gasteiger partial charge < -0.3 is 15.7 Å². The summed E-state index contributed by atoms with van der Waals surface area (Å²) in [6.07, 6.45) is 4.99. The summed E-state index contributed by atoms with van der Waals surface area (Å²) in [4.78, 5) is 16.0. The molecule has 0 spiro atoms. The van der Waals surface area contributed by atoms with Crippen LogP contribution in [0.4, 0.5) is 10.7 Å². The van der Waals surface area contributed by atoms with E-state index in [2.05, 4.69) is 4.90 Å². The highest BCUT2D eigenvalue weighted by Gasteiger charge is 2.28. The fourth-order valence-corrected chi connectivity index (χ4v) is 4.90. The van der Waals surface area contributed by atoms with E-state index in [9.17, 15) is 9.90 Å². The summed E-state index contributed by atoms with van der Waals surface area (Å²) in [5.41, 5.74) is 6.23. The SMILES string of the molecule is CCC(=O)c1sc(N2CCCC(C)(O)CC2)c(SC)c1N. The van der Waals surface area contributed by atoms with Crippen molar-refractivity contribution >= 4 is 39.6 Å². The Bertz CT molecular complexity index is 526. The summed E-state index contributed by atoms with van der Waals surface area (Å²) in [6, 6.07) is 0. The lowest BCUT2D eigenvalue weighted by Crippen LogP contribution is -2.28. The molecule has 2 heterocycles. The van der Waals surface area contributed by atoms with E-state index in [1.807, 2.05) is 20.1 Å². The van der Waals surface area contributed by atoms with Gasteiger partial charge in [0, 0.05) is 19.5 Å². The van der Waals surface area contributed by atoms with Crippen molar-refractivity contribution in [3.05, 3.63) is 4.88 Å².